The van der Waals surface area contributed by atoms with Crippen LogP contribution in [0.4, 0.5) is 0 Å². The lowest BCUT2D eigenvalue weighted by Gasteiger charge is -2.20. The van der Waals surface area contributed by atoms with Crippen molar-refractivity contribution in [1.82, 2.24) is 0 Å². The van der Waals surface area contributed by atoms with Crippen LogP contribution in [-0.4, -0.2) is 11.2 Å². The van der Waals surface area contributed by atoms with E-state index < -0.39 is 0 Å². The van der Waals surface area contributed by atoms with Crippen LogP contribution in [0.2, 0.25) is 0 Å². The molecule has 0 aliphatic carbocycles. The maximum Gasteiger partial charge on any atom is 0.0591 e. The topological polar surface area (TPSA) is 20.2 Å². The zero-order valence-corrected chi connectivity index (χ0v) is 8.04. The first-order valence-corrected chi connectivity index (χ1v) is 4.38. The molecule has 2 atom stereocenters. The molecule has 0 aliphatic heterocycles. The second-order valence-electron chi connectivity index (χ2n) is 3.52. The van der Waals surface area contributed by atoms with Crippen LogP contribution in [0.3, 0.4) is 0 Å². The minimum atomic E-state index is -0.161. The van der Waals surface area contributed by atoms with Gasteiger partial charge in [-0.15, -0.1) is 0 Å². The quantitative estimate of drug-likeness (QED) is 0.620. The van der Waals surface area contributed by atoms with Gasteiger partial charge in [0.25, 0.3) is 0 Å². The van der Waals surface area contributed by atoms with E-state index in [9.17, 15) is 5.11 Å². The van der Waals surface area contributed by atoms with Gasteiger partial charge in [0.1, 0.15) is 0 Å². The molecule has 0 amide bonds. The number of aliphatic hydroxyl groups is 1. The normalized spacial score (nSPS) is 17.6. The third kappa shape index (κ3) is 4.20. The molecule has 0 radical (unpaired) electrons. The second kappa shape index (κ2) is 5.36. The van der Waals surface area contributed by atoms with E-state index >= 15 is 0 Å². The average Bonchev–Trinajstić information content (AvgIpc) is 1.98. The molecule has 0 aromatic heterocycles. The predicted molar refractivity (Wildman–Crippen MR) is 49.4 cm³/mol. The highest BCUT2D eigenvalue weighted by atomic mass is 16.3. The Hall–Kier alpha value is -0.300. The van der Waals surface area contributed by atoms with E-state index in [-0.39, 0.29) is 6.10 Å². The van der Waals surface area contributed by atoms with Gasteiger partial charge in [-0.3, -0.25) is 0 Å². The Kier molecular flexibility index (Phi) is 5.22. The summed E-state index contributed by atoms with van der Waals surface area (Å²) in [6, 6.07) is 0. The molecule has 1 heteroatoms. The molecule has 0 aliphatic rings. The highest BCUT2D eigenvalue weighted by Gasteiger charge is 2.15. The number of hydrogen-bond donors (Lipinski definition) is 1. The molecule has 0 bridgehead atoms. The summed E-state index contributed by atoms with van der Waals surface area (Å²) in [4.78, 5) is 0. The lowest BCUT2D eigenvalue weighted by Crippen LogP contribution is -2.23. The maximum atomic E-state index is 9.59. The molecule has 0 rings (SSSR count). The van der Waals surface area contributed by atoms with Crippen molar-refractivity contribution in [3.05, 3.63) is 12.2 Å². The fraction of sp³-hybridized carbons (Fsp3) is 0.800. The SMILES string of the molecule is C/C=C/C[C@@H](C)[C@@H](O)C(C)C. The molecule has 0 aromatic carbocycles. The Morgan fingerprint density at radius 2 is 1.82 bits per heavy atom. The van der Waals surface area contributed by atoms with Crippen molar-refractivity contribution in [1.29, 1.82) is 0 Å². The Bertz CT molecular complexity index is 116. The summed E-state index contributed by atoms with van der Waals surface area (Å²) in [7, 11) is 0. The van der Waals surface area contributed by atoms with Crippen LogP contribution in [0.25, 0.3) is 0 Å². The van der Waals surface area contributed by atoms with Gasteiger partial charge >= 0.3 is 0 Å². The molecule has 0 fully saturated rings. The van der Waals surface area contributed by atoms with Crippen molar-refractivity contribution in [3.8, 4) is 0 Å². The van der Waals surface area contributed by atoms with Crippen LogP contribution < -0.4 is 0 Å². The molecule has 1 nitrogen and oxygen atoms in total. The van der Waals surface area contributed by atoms with Crippen LogP contribution in [0.5, 0.6) is 0 Å². The van der Waals surface area contributed by atoms with Crippen LogP contribution in [0, 0.1) is 11.8 Å². The fourth-order valence-electron chi connectivity index (χ4n) is 1.15. The third-order valence-electron chi connectivity index (χ3n) is 2.01. The van der Waals surface area contributed by atoms with Gasteiger partial charge in [-0.05, 0) is 25.2 Å². The lowest BCUT2D eigenvalue weighted by molar-refractivity contribution is 0.0735. The summed E-state index contributed by atoms with van der Waals surface area (Å²) in [6.45, 7) is 8.20. The molecular weight excluding hydrogens is 136 g/mol. The smallest absolute Gasteiger partial charge is 0.0591 e. The van der Waals surface area contributed by atoms with Crippen molar-refractivity contribution in [3.63, 3.8) is 0 Å². The minimum Gasteiger partial charge on any atom is -0.393 e. The molecule has 0 spiro atoms. The standard InChI is InChI=1S/C10H20O/c1-5-6-7-9(4)10(11)8(2)3/h5-6,8-11H,7H2,1-4H3/b6-5+/t9-,10+/m1/s1. The minimum absolute atomic E-state index is 0.161. The van der Waals surface area contributed by atoms with Gasteiger partial charge in [0, 0.05) is 0 Å². The molecule has 0 unspecified atom stereocenters. The van der Waals surface area contributed by atoms with Gasteiger partial charge in [0.05, 0.1) is 6.10 Å². The molecular formula is C10H20O. The summed E-state index contributed by atoms with van der Waals surface area (Å²) >= 11 is 0. The van der Waals surface area contributed by atoms with Gasteiger partial charge in [-0.1, -0.05) is 32.9 Å². The largest absolute Gasteiger partial charge is 0.393 e. The Morgan fingerprint density at radius 3 is 2.18 bits per heavy atom. The van der Waals surface area contributed by atoms with E-state index in [1.54, 1.807) is 0 Å². The maximum absolute atomic E-state index is 9.59. The highest BCUT2D eigenvalue weighted by molar-refractivity contribution is 4.82. The molecule has 1 N–H and O–H groups in total. The van der Waals surface area contributed by atoms with E-state index in [2.05, 4.69) is 26.8 Å². The van der Waals surface area contributed by atoms with Crippen LogP contribution >= 0.6 is 0 Å². The zero-order chi connectivity index (χ0) is 8.85. The monoisotopic (exact) mass is 156 g/mol. The van der Waals surface area contributed by atoms with Crippen molar-refractivity contribution < 1.29 is 5.11 Å². The summed E-state index contributed by atoms with van der Waals surface area (Å²) in [5.41, 5.74) is 0. The number of rotatable bonds is 4. The number of allylic oxidation sites excluding steroid dienone is 2. The first-order valence-electron chi connectivity index (χ1n) is 4.38. The van der Waals surface area contributed by atoms with Gasteiger partial charge < -0.3 is 5.11 Å². The Labute approximate surface area is 70.1 Å². The molecule has 66 valence electrons. The second-order valence-corrected chi connectivity index (χ2v) is 3.52. The van der Waals surface area contributed by atoms with Gasteiger partial charge in [-0.2, -0.15) is 0 Å². The molecule has 0 heterocycles. The van der Waals surface area contributed by atoms with Crippen molar-refractivity contribution >= 4 is 0 Å². The lowest BCUT2D eigenvalue weighted by atomic mass is 9.92. The van der Waals surface area contributed by atoms with Crippen molar-refractivity contribution in [2.75, 3.05) is 0 Å². The average molecular weight is 156 g/mol. The van der Waals surface area contributed by atoms with E-state index in [0.29, 0.717) is 11.8 Å². The highest BCUT2D eigenvalue weighted by Crippen LogP contribution is 2.15. The predicted octanol–water partition coefficient (Wildman–Crippen LogP) is 2.61. The first-order chi connectivity index (χ1) is 5.09. The third-order valence-corrected chi connectivity index (χ3v) is 2.01. The van der Waals surface area contributed by atoms with Gasteiger partial charge in [0.2, 0.25) is 0 Å². The molecule has 0 saturated heterocycles. The number of hydrogen-bond acceptors (Lipinski definition) is 1. The summed E-state index contributed by atoms with van der Waals surface area (Å²) in [5, 5.41) is 9.59. The van der Waals surface area contributed by atoms with Crippen molar-refractivity contribution in [2.24, 2.45) is 11.8 Å². The van der Waals surface area contributed by atoms with Crippen LogP contribution in [0.15, 0.2) is 12.2 Å². The Balaban J connectivity index is 3.72. The van der Waals surface area contributed by atoms with Gasteiger partial charge in [0.15, 0.2) is 0 Å². The first kappa shape index (κ1) is 10.7. The van der Waals surface area contributed by atoms with Crippen LogP contribution in [-0.2, 0) is 0 Å². The summed E-state index contributed by atoms with van der Waals surface area (Å²) in [5.74, 6) is 0.751. The molecule has 0 aromatic rings. The van der Waals surface area contributed by atoms with E-state index in [1.165, 1.54) is 0 Å². The van der Waals surface area contributed by atoms with E-state index in [0.717, 1.165) is 6.42 Å². The van der Waals surface area contributed by atoms with Crippen molar-refractivity contribution in [2.45, 2.75) is 40.2 Å². The van der Waals surface area contributed by atoms with E-state index in [1.807, 2.05) is 13.0 Å². The van der Waals surface area contributed by atoms with Crippen LogP contribution in [0.1, 0.15) is 34.1 Å². The fourth-order valence-corrected chi connectivity index (χ4v) is 1.15. The number of aliphatic hydroxyl groups excluding tert-OH is 1. The summed E-state index contributed by atoms with van der Waals surface area (Å²) < 4.78 is 0. The van der Waals surface area contributed by atoms with Gasteiger partial charge in [-0.25, -0.2) is 0 Å². The summed E-state index contributed by atoms with van der Waals surface area (Å²) in [6.07, 6.45) is 4.96. The van der Waals surface area contributed by atoms with E-state index in [4.69, 9.17) is 0 Å². The molecule has 0 saturated carbocycles. The Morgan fingerprint density at radius 1 is 1.27 bits per heavy atom. The molecule has 11 heavy (non-hydrogen) atoms. The zero-order valence-electron chi connectivity index (χ0n) is 8.04.